The van der Waals surface area contributed by atoms with Gasteiger partial charge in [0, 0.05) is 17.2 Å². The van der Waals surface area contributed by atoms with Crippen molar-refractivity contribution < 1.29 is 13.2 Å². The molecule has 1 aromatic heterocycles. The smallest absolute Gasteiger partial charge is 0.238 e. The van der Waals surface area contributed by atoms with Gasteiger partial charge in [0.15, 0.2) is 0 Å². The Bertz CT molecular complexity index is 588. The maximum atomic E-state index is 12.0. The van der Waals surface area contributed by atoms with E-state index >= 15 is 0 Å². The van der Waals surface area contributed by atoms with Gasteiger partial charge in [-0.15, -0.1) is 0 Å². The number of hydrogen-bond acceptors (Lipinski definition) is 5. The Hall–Kier alpha value is -0.860. The lowest BCUT2D eigenvalue weighted by Crippen LogP contribution is -2.19. The Kier molecular flexibility index (Phi) is 5.45. The third kappa shape index (κ3) is 5.12. The van der Waals surface area contributed by atoms with Crippen molar-refractivity contribution in [1.29, 1.82) is 0 Å². The van der Waals surface area contributed by atoms with Crippen LogP contribution in [0.5, 0.6) is 5.88 Å². The molecule has 118 valence electrons. The Balaban J connectivity index is 2.03. The minimum Gasteiger partial charge on any atom is -0.476 e. The molecular formula is C13H20BrN3O3S. The maximum Gasteiger partial charge on any atom is 0.238 e. The SMILES string of the molecule is CN(C)CCCOc1ncc(Br)cc1NS(=O)(=O)C1CC1. The van der Waals surface area contributed by atoms with Crippen LogP contribution in [-0.2, 0) is 10.0 Å². The van der Waals surface area contributed by atoms with Crippen LogP contribution in [0.1, 0.15) is 19.3 Å². The first-order valence-corrected chi connectivity index (χ1v) is 9.17. The quantitative estimate of drug-likeness (QED) is 0.702. The lowest BCUT2D eigenvalue weighted by molar-refractivity contribution is 0.274. The molecule has 2 rings (SSSR count). The second kappa shape index (κ2) is 6.93. The Morgan fingerprint density at radius 2 is 2.19 bits per heavy atom. The standard InChI is InChI=1S/C13H20BrN3O3S/c1-17(2)6-3-7-20-13-12(8-10(14)9-15-13)16-21(18,19)11-4-5-11/h8-9,11,16H,3-7H2,1-2H3. The van der Waals surface area contributed by atoms with Crippen LogP contribution in [0.3, 0.4) is 0 Å². The molecule has 0 unspecified atom stereocenters. The average Bonchev–Trinajstić information content (AvgIpc) is 3.20. The Morgan fingerprint density at radius 1 is 1.48 bits per heavy atom. The van der Waals surface area contributed by atoms with Gasteiger partial charge in [-0.05, 0) is 55.4 Å². The molecule has 0 atom stereocenters. The summed E-state index contributed by atoms with van der Waals surface area (Å²) in [6.45, 7) is 1.39. The van der Waals surface area contributed by atoms with E-state index in [9.17, 15) is 8.42 Å². The number of hydrogen-bond donors (Lipinski definition) is 1. The Labute approximate surface area is 134 Å². The molecule has 1 saturated carbocycles. The summed E-state index contributed by atoms with van der Waals surface area (Å²) in [4.78, 5) is 6.21. The summed E-state index contributed by atoms with van der Waals surface area (Å²) in [5, 5.41) is -0.280. The summed E-state index contributed by atoms with van der Waals surface area (Å²) >= 11 is 3.30. The van der Waals surface area contributed by atoms with Crippen molar-refractivity contribution in [3.8, 4) is 5.88 Å². The number of aromatic nitrogens is 1. The molecule has 1 fully saturated rings. The van der Waals surface area contributed by atoms with Crippen molar-refractivity contribution in [2.75, 3.05) is 32.0 Å². The number of rotatable bonds is 8. The van der Waals surface area contributed by atoms with E-state index in [2.05, 4.69) is 30.5 Å². The molecule has 1 aromatic rings. The molecule has 0 amide bonds. The van der Waals surface area contributed by atoms with E-state index in [-0.39, 0.29) is 5.25 Å². The molecule has 6 nitrogen and oxygen atoms in total. The summed E-state index contributed by atoms with van der Waals surface area (Å²) in [7, 11) is 0.664. The van der Waals surface area contributed by atoms with Crippen LogP contribution >= 0.6 is 15.9 Å². The highest BCUT2D eigenvalue weighted by atomic mass is 79.9. The monoisotopic (exact) mass is 377 g/mol. The van der Waals surface area contributed by atoms with E-state index in [0.29, 0.717) is 22.6 Å². The van der Waals surface area contributed by atoms with E-state index in [4.69, 9.17) is 4.74 Å². The fraction of sp³-hybridized carbons (Fsp3) is 0.615. The van der Waals surface area contributed by atoms with Gasteiger partial charge >= 0.3 is 0 Å². The number of nitrogens with one attached hydrogen (secondary N) is 1. The van der Waals surface area contributed by atoms with Gasteiger partial charge in [-0.2, -0.15) is 0 Å². The highest BCUT2D eigenvalue weighted by molar-refractivity contribution is 9.10. The number of sulfonamides is 1. The normalized spacial score (nSPS) is 15.2. The second-order valence-electron chi connectivity index (χ2n) is 5.36. The molecule has 0 radical (unpaired) electrons. The number of halogens is 1. The van der Waals surface area contributed by atoms with Crippen molar-refractivity contribution in [1.82, 2.24) is 9.88 Å². The maximum absolute atomic E-state index is 12.0. The molecule has 0 aromatic carbocycles. The summed E-state index contributed by atoms with van der Waals surface area (Å²) in [5.41, 5.74) is 0.390. The molecule has 8 heteroatoms. The van der Waals surface area contributed by atoms with Crippen molar-refractivity contribution in [2.24, 2.45) is 0 Å². The van der Waals surface area contributed by atoms with E-state index in [1.165, 1.54) is 0 Å². The molecule has 1 heterocycles. The molecular weight excluding hydrogens is 358 g/mol. The molecule has 1 aliphatic rings. The third-order valence-electron chi connectivity index (χ3n) is 3.02. The van der Waals surface area contributed by atoms with Gasteiger partial charge in [0.05, 0.1) is 11.9 Å². The van der Waals surface area contributed by atoms with Crippen molar-refractivity contribution in [3.05, 3.63) is 16.7 Å². The summed E-state index contributed by atoms with van der Waals surface area (Å²) in [6.07, 6.45) is 3.88. The van der Waals surface area contributed by atoms with Gasteiger partial charge in [-0.3, -0.25) is 4.72 Å². The van der Waals surface area contributed by atoms with E-state index in [1.54, 1.807) is 12.3 Å². The number of anilines is 1. The zero-order valence-corrected chi connectivity index (χ0v) is 14.6. The zero-order valence-electron chi connectivity index (χ0n) is 12.2. The third-order valence-corrected chi connectivity index (χ3v) is 5.31. The van der Waals surface area contributed by atoms with Crippen molar-refractivity contribution >= 4 is 31.6 Å². The summed E-state index contributed by atoms with van der Waals surface area (Å²) in [5.74, 6) is 0.321. The fourth-order valence-corrected chi connectivity index (χ4v) is 3.49. The first-order chi connectivity index (χ1) is 9.88. The average molecular weight is 378 g/mol. The molecule has 0 saturated heterocycles. The largest absolute Gasteiger partial charge is 0.476 e. The topological polar surface area (TPSA) is 71.5 Å². The zero-order chi connectivity index (χ0) is 15.5. The van der Waals surface area contributed by atoms with E-state index in [0.717, 1.165) is 25.8 Å². The first-order valence-electron chi connectivity index (χ1n) is 6.83. The van der Waals surface area contributed by atoms with Crippen LogP contribution in [0.25, 0.3) is 0 Å². The summed E-state index contributed by atoms with van der Waals surface area (Å²) < 4.78 is 32.9. The molecule has 0 aliphatic heterocycles. The van der Waals surface area contributed by atoms with Gasteiger partial charge in [0.1, 0.15) is 5.69 Å². The number of pyridine rings is 1. The minimum absolute atomic E-state index is 0.280. The highest BCUT2D eigenvalue weighted by Crippen LogP contribution is 2.33. The van der Waals surface area contributed by atoms with Crippen LogP contribution < -0.4 is 9.46 Å². The predicted molar refractivity (Wildman–Crippen MR) is 86.2 cm³/mol. The predicted octanol–water partition coefficient (Wildman–Crippen LogP) is 2.08. The van der Waals surface area contributed by atoms with Crippen molar-refractivity contribution in [2.45, 2.75) is 24.5 Å². The number of nitrogens with zero attached hydrogens (tertiary/aromatic N) is 2. The van der Waals surface area contributed by atoms with Gasteiger partial charge in [-0.1, -0.05) is 0 Å². The van der Waals surface area contributed by atoms with Gasteiger partial charge in [-0.25, -0.2) is 13.4 Å². The van der Waals surface area contributed by atoms with E-state index in [1.807, 2.05) is 14.1 Å². The fourth-order valence-electron chi connectivity index (χ4n) is 1.78. The van der Waals surface area contributed by atoms with Crippen LogP contribution in [0.2, 0.25) is 0 Å². The van der Waals surface area contributed by atoms with Crippen molar-refractivity contribution in [3.63, 3.8) is 0 Å². The molecule has 0 spiro atoms. The van der Waals surface area contributed by atoms with Gasteiger partial charge in [0.25, 0.3) is 0 Å². The molecule has 1 N–H and O–H groups in total. The number of ether oxygens (including phenoxy) is 1. The first kappa shape index (κ1) is 16.5. The van der Waals surface area contributed by atoms with Gasteiger partial charge in [0.2, 0.25) is 15.9 Å². The lowest BCUT2D eigenvalue weighted by Gasteiger charge is -2.14. The van der Waals surface area contributed by atoms with E-state index < -0.39 is 10.0 Å². The molecule has 21 heavy (non-hydrogen) atoms. The summed E-state index contributed by atoms with van der Waals surface area (Å²) in [6, 6.07) is 1.67. The van der Waals surface area contributed by atoms with Crippen LogP contribution in [0.15, 0.2) is 16.7 Å². The highest BCUT2D eigenvalue weighted by Gasteiger charge is 2.36. The molecule has 1 aliphatic carbocycles. The van der Waals surface area contributed by atoms with Crippen LogP contribution in [-0.4, -0.2) is 50.8 Å². The van der Waals surface area contributed by atoms with Gasteiger partial charge < -0.3 is 9.64 Å². The molecule has 0 bridgehead atoms. The lowest BCUT2D eigenvalue weighted by atomic mass is 10.4. The Morgan fingerprint density at radius 3 is 2.81 bits per heavy atom. The minimum atomic E-state index is -3.32. The van der Waals surface area contributed by atoms with Crippen LogP contribution in [0.4, 0.5) is 5.69 Å². The second-order valence-corrected chi connectivity index (χ2v) is 8.23. The van der Waals surface area contributed by atoms with Crippen LogP contribution in [0, 0.1) is 0 Å².